The minimum absolute atomic E-state index is 0. The van der Waals surface area contributed by atoms with Gasteiger partial charge in [-0.05, 0) is 90.6 Å². The quantitative estimate of drug-likeness (QED) is 0.0584. The SMILES string of the molecule is C.C.CCC(C)C(=O)[N-]S(=O)(=O)C(F)(F)F.CCCC[Si](C)(C)O[Si](C)(C)CCCOC(=O)C(C)(C)CC.CCOCCOCCOC(=O)C(C)CC.[K+]. The van der Waals surface area contributed by atoms with Gasteiger partial charge in [-0.25, -0.2) is 8.42 Å². The monoisotopic (exact) mass is 867 g/mol. The molecule has 0 radical (unpaired) electrons. The molecule has 1 amide bonds. The number of nitrogens with zero attached hydrogens (tertiary/aromatic N) is 1. The smallest absolute Gasteiger partial charge is 0.538 e. The zero-order chi connectivity index (χ0) is 40.5. The van der Waals surface area contributed by atoms with E-state index in [1.54, 1.807) is 0 Å². The summed E-state index contributed by atoms with van der Waals surface area (Å²) < 4.78 is 85.3. The van der Waals surface area contributed by atoms with Gasteiger partial charge in [-0.15, -0.1) is 0 Å². The Hall–Kier alpha value is 0.100. The van der Waals surface area contributed by atoms with Crippen LogP contribution in [0.25, 0.3) is 4.72 Å². The summed E-state index contributed by atoms with van der Waals surface area (Å²) in [5.41, 5.74) is -5.87. The second-order valence-electron chi connectivity index (χ2n) is 14.1. The fourth-order valence-corrected chi connectivity index (χ4v) is 13.3. The largest absolute Gasteiger partial charge is 1.00 e. The van der Waals surface area contributed by atoms with Crippen molar-refractivity contribution in [2.24, 2.45) is 17.3 Å². The molecule has 11 nitrogen and oxygen atoms in total. The molecule has 2 unspecified atom stereocenters. The first-order chi connectivity index (χ1) is 23.3. The van der Waals surface area contributed by atoms with E-state index in [0.29, 0.717) is 39.6 Å². The molecule has 0 saturated carbocycles. The van der Waals surface area contributed by atoms with E-state index in [1.165, 1.54) is 32.7 Å². The Morgan fingerprint density at radius 1 is 0.722 bits per heavy atom. The van der Waals surface area contributed by atoms with Crippen LogP contribution in [0.4, 0.5) is 13.2 Å². The van der Waals surface area contributed by atoms with Crippen LogP contribution in [0.1, 0.15) is 116 Å². The third-order valence-corrected chi connectivity index (χ3v) is 16.4. The molecule has 2 atom stereocenters. The van der Waals surface area contributed by atoms with Crippen molar-refractivity contribution in [3.63, 3.8) is 0 Å². The molecule has 0 bridgehead atoms. The molecule has 54 heavy (non-hydrogen) atoms. The minimum atomic E-state index is -5.68. The van der Waals surface area contributed by atoms with Crippen molar-refractivity contribution < 1.29 is 110 Å². The molecular formula is C36H77F3KNO10SSi2. The maximum absolute atomic E-state index is 11.9. The van der Waals surface area contributed by atoms with Gasteiger partial charge in [-0.3, -0.25) is 9.59 Å². The fraction of sp³-hybridized carbons (Fsp3) is 0.917. The Balaban J connectivity index is -0.000000161. The number of alkyl halides is 3. The Bertz CT molecular complexity index is 1080. The van der Waals surface area contributed by atoms with Gasteiger partial charge in [0.25, 0.3) is 0 Å². The van der Waals surface area contributed by atoms with Gasteiger partial charge in [0, 0.05) is 6.61 Å². The minimum Gasteiger partial charge on any atom is -0.538 e. The molecule has 0 aromatic heterocycles. The second-order valence-corrected chi connectivity index (χ2v) is 24.6. The molecule has 0 aromatic rings. The maximum atomic E-state index is 11.9. The van der Waals surface area contributed by atoms with Gasteiger partial charge < -0.3 is 32.6 Å². The summed E-state index contributed by atoms with van der Waals surface area (Å²) in [7, 11) is -8.84. The molecule has 0 aliphatic rings. The van der Waals surface area contributed by atoms with E-state index in [1.807, 2.05) is 41.5 Å². The standard InChI is InChI=1S/C17H38O3Si2.C11H22O4.C6H10F3NO3S.2CH4.K/c1-9-11-14-21(5,6)20-22(7,8)15-12-13-19-16(18)17(3,4)10-2;1-4-10(3)11(12)15-9-8-14-7-6-13-5-2;1-3-4(2)5(11)10-14(12,13)6(7,8)9;;;/h9-15H2,1-8H3;10H,4-9H2,1-3H3;4H,3H2,1-2H3,(H,10,11);2*1H4;/q;;;;;+1/p-1. The molecule has 322 valence electrons. The number of rotatable bonds is 23. The number of hydrogen-bond donors (Lipinski definition) is 0. The van der Waals surface area contributed by atoms with Gasteiger partial charge in [0.15, 0.2) is 26.7 Å². The molecule has 0 heterocycles. The molecule has 0 spiro atoms. The van der Waals surface area contributed by atoms with Crippen LogP contribution in [-0.4, -0.2) is 88.0 Å². The number of amides is 1. The van der Waals surface area contributed by atoms with Crippen LogP contribution in [0, 0.1) is 17.3 Å². The summed E-state index contributed by atoms with van der Waals surface area (Å²) in [6.45, 7) is 29.2. The van der Waals surface area contributed by atoms with E-state index in [4.69, 9.17) is 23.1 Å². The number of sulfonamides is 1. The zero-order valence-corrected chi connectivity index (χ0v) is 40.6. The van der Waals surface area contributed by atoms with Crippen LogP contribution in [0.3, 0.4) is 0 Å². The van der Waals surface area contributed by atoms with E-state index < -0.39 is 44.0 Å². The first-order valence-corrected chi connectivity index (χ1v) is 25.7. The number of halogens is 3. The zero-order valence-electron chi connectivity index (χ0n) is 34.6. The average molecular weight is 868 g/mol. The number of hydrogen-bond acceptors (Lipinski definition) is 10. The molecule has 0 N–H and O–H groups in total. The van der Waals surface area contributed by atoms with Crippen molar-refractivity contribution in [2.45, 2.75) is 159 Å². The summed E-state index contributed by atoms with van der Waals surface area (Å²) in [5, 5.41) is 0. The van der Waals surface area contributed by atoms with E-state index in [0.717, 1.165) is 25.3 Å². The van der Waals surface area contributed by atoms with Gasteiger partial charge in [-0.2, -0.15) is 13.2 Å². The van der Waals surface area contributed by atoms with Crippen LogP contribution in [0.2, 0.25) is 38.3 Å². The maximum Gasteiger partial charge on any atom is 1.00 e. The Morgan fingerprint density at radius 3 is 1.61 bits per heavy atom. The predicted molar refractivity (Wildman–Crippen MR) is 214 cm³/mol. The Kier molecular flexibility index (Phi) is 41.5. The first kappa shape index (κ1) is 65.9. The number of ether oxygens (including phenoxy) is 4. The summed E-state index contributed by atoms with van der Waals surface area (Å²) >= 11 is 0. The third-order valence-electron chi connectivity index (χ3n) is 7.88. The van der Waals surface area contributed by atoms with Crippen molar-refractivity contribution in [1.82, 2.24) is 0 Å². The van der Waals surface area contributed by atoms with Crippen LogP contribution < -0.4 is 51.4 Å². The average Bonchev–Trinajstić information content (AvgIpc) is 3.03. The van der Waals surface area contributed by atoms with Crippen molar-refractivity contribution in [3.8, 4) is 0 Å². The molecule has 0 fully saturated rings. The number of unbranched alkanes of at least 4 members (excludes halogenated alkanes) is 1. The van der Waals surface area contributed by atoms with Crippen LogP contribution in [0.5, 0.6) is 0 Å². The Labute approximate surface area is 372 Å². The first-order valence-electron chi connectivity index (χ1n) is 18.1. The summed E-state index contributed by atoms with van der Waals surface area (Å²) in [4.78, 5) is 33.9. The van der Waals surface area contributed by atoms with Crippen LogP contribution in [-0.2, 0) is 47.5 Å². The predicted octanol–water partition coefficient (Wildman–Crippen LogP) is 7.27. The van der Waals surface area contributed by atoms with E-state index in [9.17, 15) is 36.0 Å². The molecule has 0 aliphatic carbocycles. The number of carbonyl (C=O) groups is 3. The van der Waals surface area contributed by atoms with Crippen LogP contribution >= 0.6 is 0 Å². The Morgan fingerprint density at radius 2 is 1.19 bits per heavy atom. The third kappa shape index (κ3) is 34.2. The van der Waals surface area contributed by atoms with E-state index >= 15 is 0 Å². The van der Waals surface area contributed by atoms with Gasteiger partial charge in [0.1, 0.15) is 6.61 Å². The van der Waals surface area contributed by atoms with Crippen molar-refractivity contribution in [2.75, 3.05) is 39.6 Å². The molecule has 0 aliphatic heterocycles. The summed E-state index contributed by atoms with van der Waals surface area (Å²) in [6, 6.07) is 2.31. The van der Waals surface area contributed by atoms with Crippen molar-refractivity contribution in [3.05, 3.63) is 4.72 Å². The van der Waals surface area contributed by atoms with Crippen LogP contribution in [0.15, 0.2) is 0 Å². The molecule has 0 saturated heterocycles. The van der Waals surface area contributed by atoms with Gasteiger partial charge in [0.2, 0.25) is 0 Å². The van der Waals surface area contributed by atoms with Gasteiger partial charge >= 0.3 is 68.8 Å². The molecule has 0 rings (SSSR count). The fourth-order valence-electron chi connectivity index (χ4n) is 3.76. The van der Waals surface area contributed by atoms with E-state index in [2.05, 4.69) is 37.8 Å². The second kappa shape index (κ2) is 34.0. The summed E-state index contributed by atoms with van der Waals surface area (Å²) in [5.74, 6) is -2.34. The molecule has 18 heteroatoms. The number of esters is 2. The van der Waals surface area contributed by atoms with E-state index in [-0.39, 0.29) is 95.9 Å². The van der Waals surface area contributed by atoms with Gasteiger partial charge in [-0.1, -0.05) is 69.2 Å². The molecular weight excluding hydrogens is 791 g/mol. The van der Waals surface area contributed by atoms with Crippen molar-refractivity contribution in [1.29, 1.82) is 0 Å². The number of carbonyl (C=O) groups excluding carboxylic acids is 3. The summed E-state index contributed by atoms with van der Waals surface area (Å²) in [6.07, 6.45) is 5.29. The van der Waals surface area contributed by atoms with Gasteiger partial charge in [0.05, 0.1) is 43.7 Å². The van der Waals surface area contributed by atoms with Crippen molar-refractivity contribution >= 4 is 44.5 Å². The normalized spacial score (nSPS) is 12.7. The topological polar surface area (TPSA) is 146 Å². The molecule has 0 aromatic carbocycles.